The Bertz CT molecular complexity index is 1680. The van der Waals surface area contributed by atoms with Crippen LogP contribution in [0.2, 0.25) is 0 Å². The van der Waals surface area contributed by atoms with E-state index in [0.29, 0.717) is 18.0 Å². The van der Waals surface area contributed by atoms with Gasteiger partial charge in [0.1, 0.15) is 11.6 Å². The maximum absolute atomic E-state index is 13.3. The number of allylic oxidation sites excluding steroid dienone is 1. The summed E-state index contributed by atoms with van der Waals surface area (Å²) in [6.45, 7) is -0.340. The van der Waals surface area contributed by atoms with Gasteiger partial charge in [0, 0.05) is 29.0 Å². The number of hydrogen-bond donors (Lipinski definition) is 3. The van der Waals surface area contributed by atoms with Gasteiger partial charge in [-0.3, -0.25) is 4.79 Å². The highest BCUT2D eigenvalue weighted by Crippen LogP contribution is 2.32. The minimum atomic E-state index is -3.90. The molecule has 5 rings (SSSR count). The summed E-state index contributed by atoms with van der Waals surface area (Å²) in [6, 6.07) is 21.6. The number of carbonyl (C=O) groups excluding carboxylic acids is 1. The van der Waals surface area contributed by atoms with E-state index in [0.717, 1.165) is 24.5 Å². The van der Waals surface area contributed by atoms with Gasteiger partial charge in [-0.2, -0.15) is 4.31 Å². The summed E-state index contributed by atoms with van der Waals surface area (Å²) in [5, 5.41) is 12.4. The molecule has 13 heteroatoms. The number of rotatable bonds is 13. The van der Waals surface area contributed by atoms with Crippen molar-refractivity contribution in [3.05, 3.63) is 99.6 Å². The molecule has 2 atom stereocenters. The van der Waals surface area contributed by atoms with Crippen molar-refractivity contribution < 1.29 is 32.5 Å². The molecule has 1 amide bonds. The summed E-state index contributed by atoms with van der Waals surface area (Å²) in [7, 11) is -2.40. The lowest BCUT2D eigenvalue weighted by Crippen LogP contribution is -2.38. The molecule has 44 heavy (non-hydrogen) atoms. The van der Waals surface area contributed by atoms with Gasteiger partial charge in [0.2, 0.25) is 16.3 Å². The van der Waals surface area contributed by atoms with Gasteiger partial charge >= 0.3 is 0 Å². The molecular formula is C31H33IN4O7S. The van der Waals surface area contributed by atoms with Crippen molar-refractivity contribution >= 4 is 49.6 Å². The van der Waals surface area contributed by atoms with Gasteiger partial charge in [-0.05, 0) is 82.8 Å². The predicted octanol–water partition coefficient (Wildman–Crippen LogP) is 3.91. The fourth-order valence-corrected chi connectivity index (χ4v) is 6.62. The van der Waals surface area contributed by atoms with Gasteiger partial charge in [0.25, 0.3) is 5.91 Å². The normalized spacial score (nSPS) is 16.9. The molecule has 232 valence electrons. The Balaban J connectivity index is 1.26. The standard InChI is InChI=1S/C31H33IN4O7S/c1-41-24-10-12-25(13-11-24)44(39,40)36(14-16-37)15-17-42-30-19-22(21-6-8-23(32)9-7-21)18-28(43-30)31(38)33-20-29-34-26-4-2-3-5-27(26)35-29/h2-13,18,22,30,37H,14-17,19-20H2,1H3,(H,33,38)(H,34,35)/t22-,30+/m1/s1. The molecular weight excluding hydrogens is 699 g/mol. The summed E-state index contributed by atoms with van der Waals surface area (Å²) in [5.41, 5.74) is 2.68. The molecule has 1 aliphatic heterocycles. The number of nitrogens with zero attached hydrogens (tertiary/aromatic N) is 2. The number of carbonyl (C=O) groups is 1. The number of H-pyrrole nitrogens is 1. The van der Waals surface area contributed by atoms with E-state index < -0.39 is 22.2 Å². The number of aliphatic hydroxyl groups is 1. The molecule has 0 fully saturated rings. The minimum Gasteiger partial charge on any atom is -0.497 e. The summed E-state index contributed by atoms with van der Waals surface area (Å²) >= 11 is 2.24. The number of amides is 1. The summed E-state index contributed by atoms with van der Waals surface area (Å²) in [6.07, 6.45) is 1.39. The van der Waals surface area contributed by atoms with E-state index in [1.54, 1.807) is 18.2 Å². The van der Waals surface area contributed by atoms with Crippen molar-refractivity contribution in [2.24, 2.45) is 0 Å². The number of aliphatic hydroxyl groups excluding tert-OH is 1. The number of fused-ring (bicyclic) bond motifs is 1. The topological polar surface area (TPSA) is 143 Å². The van der Waals surface area contributed by atoms with Crippen LogP contribution in [0.5, 0.6) is 5.75 Å². The monoisotopic (exact) mass is 732 g/mol. The molecule has 0 bridgehead atoms. The summed E-state index contributed by atoms with van der Waals surface area (Å²) in [4.78, 5) is 21.0. The van der Waals surface area contributed by atoms with Crippen molar-refractivity contribution in [3.8, 4) is 5.75 Å². The highest BCUT2D eigenvalue weighted by Gasteiger charge is 2.30. The molecule has 11 nitrogen and oxygen atoms in total. The van der Waals surface area contributed by atoms with E-state index >= 15 is 0 Å². The number of aromatic nitrogens is 2. The molecule has 0 radical (unpaired) electrons. The third kappa shape index (κ3) is 7.77. The minimum absolute atomic E-state index is 0.0205. The average Bonchev–Trinajstić information content (AvgIpc) is 3.46. The number of halogens is 1. The van der Waals surface area contributed by atoms with Crippen LogP contribution in [0.1, 0.15) is 23.7 Å². The second kappa shape index (κ2) is 14.5. The van der Waals surface area contributed by atoms with Crippen LogP contribution in [0.3, 0.4) is 0 Å². The van der Waals surface area contributed by atoms with E-state index in [2.05, 4.69) is 37.9 Å². The number of nitrogens with one attached hydrogen (secondary N) is 2. The first-order valence-electron chi connectivity index (χ1n) is 14.0. The van der Waals surface area contributed by atoms with Crippen molar-refractivity contribution in [3.63, 3.8) is 0 Å². The van der Waals surface area contributed by atoms with Crippen LogP contribution in [0, 0.1) is 3.57 Å². The summed E-state index contributed by atoms with van der Waals surface area (Å²) < 4.78 is 45.9. The largest absolute Gasteiger partial charge is 0.497 e. The van der Waals surface area contributed by atoms with Crippen LogP contribution in [0.25, 0.3) is 11.0 Å². The maximum Gasteiger partial charge on any atom is 0.286 e. The zero-order chi connectivity index (χ0) is 31.1. The van der Waals surface area contributed by atoms with E-state index in [1.165, 1.54) is 19.2 Å². The van der Waals surface area contributed by atoms with Crippen LogP contribution in [-0.4, -0.2) is 73.4 Å². The third-order valence-electron chi connectivity index (χ3n) is 7.13. The molecule has 2 heterocycles. The van der Waals surface area contributed by atoms with Crippen LogP contribution in [0.15, 0.2) is 89.5 Å². The molecule has 3 aromatic carbocycles. The number of sulfonamides is 1. The Kier molecular flexibility index (Phi) is 10.5. The van der Waals surface area contributed by atoms with Gasteiger partial charge in [-0.25, -0.2) is 13.4 Å². The van der Waals surface area contributed by atoms with E-state index in [4.69, 9.17) is 14.2 Å². The van der Waals surface area contributed by atoms with Gasteiger partial charge in [-0.15, -0.1) is 0 Å². The fourth-order valence-electron chi connectivity index (χ4n) is 4.85. The zero-order valence-corrected chi connectivity index (χ0v) is 27.0. The SMILES string of the molecule is COc1ccc(S(=O)(=O)N(CCO)CCO[C@@H]2C[C@H](c3ccc(I)cc3)C=C(C(=O)NCc3nc4ccccc4[nH]3)O2)cc1. The van der Waals surface area contributed by atoms with Crippen molar-refractivity contribution in [1.29, 1.82) is 0 Å². The van der Waals surface area contributed by atoms with Crippen LogP contribution in [-0.2, 0) is 30.8 Å². The Labute approximate surface area is 269 Å². The van der Waals surface area contributed by atoms with Crippen molar-refractivity contribution in [2.45, 2.75) is 30.1 Å². The lowest BCUT2D eigenvalue weighted by atomic mass is 9.93. The fraction of sp³-hybridized carbons (Fsp3) is 0.290. The van der Waals surface area contributed by atoms with E-state index in [1.807, 2.05) is 48.5 Å². The van der Waals surface area contributed by atoms with Crippen molar-refractivity contribution in [2.75, 3.05) is 33.4 Å². The second-order valence-electron chi connectivity index (χ2n) is 10.0. The Morgan fingerprint density at radius 1 is 1.11 bits per heavy atom. The zero-order valence-electron chi connectivity index (χ0n) is 24.0. The van der Waals surface area contributed by atoms with Gasteiger partial charge in [-0.1, -0.05) is 24.3 Å². The van der Waals surface area contributed by atoms with E-state index in [-0.39, 0.29) is 49.4 Å². The maximum atomic E-state index is 13.3. The first-order chi connectivity index (χ1) is 21.3. The average molecular weight is 733 g/mol. The molecule has 0 saturated heterocycles. The highest BCUT2D eigenvalue weighted by molar-refractivity contribution is 14.1. The predicted molar refractivity (Wildman–Crippen MR) is 172 cm³/mol. The Morgan fingerprint density at radius 2 is 1.86 bits per heavy atom. The number of hydrogen-bond acceptors (Lipinski definition) is 8. The molecule has 1 aliphatic rings. The number of para-hydroxylation sites is 2. The Morgan fingerprint density at radius 3 is 2.57 bits per heavy atom. The van der Waals surface area contributed by atoms with Crippen LogP contribution < -0.4 is 10.1 Å². The number of aromatic amines is 1. The van der Waals surface area contributed by atoms with E-state index in [9.17, 15) is 18.3 Å². The third-order valence-corrected chi connectivity index (χ3v) is 9.76. The second-order valence-corrected chi connectivity index (χ2v) is 13.2. The van der Waals surface area contributed by atoms with Gasteiger partial charge in [0.15, 0.2) is 5.76 Å². The first kappa shape index (κ1) is 31.9. The number of ether oxygens (including phenoxy) is 3. The number of methoxy groups -OCH3 is 1. The lowest BCUT2D eigenvalue weighted by Gasteiger charge is -2.30. The molecule has 0 saturated carbocycles. The smallest absolute Gasteiger partial charge is 0.286 e. The summed E-state index contributed by atoms with van der Waals surface area (Å²) in [5.74, 6) is 0.662. The first-order valence-corrected chi connectivity index (χ1v) is 16.5. The van der Waals surface area contributed by atoms with Gasteiger partial charge < -0.3 is 29.6 Å². The highest BCUT2D eigenvalue weighted by atomic mass is 127. The molecule has 0 aliphatic carbocycles. The lowest BCUT2D eigenvalue weighted by molar-refractivity contribution is -0.146. The quantitative estimate of drug-likeness (QED) is 0.176. The molecule has 1 aromatic heterocycles. The molecule has 3 N–H and O–H groups in total. The number of imidazole rings is 1. The molecule has 4 aromatic rings. The Hall–Kier alpha value is -3.50. The van der Waals surface area contributed by atoms with Crippen molar-refractivity contribution in [1.82, 2.24) is 19.6 Å². The molecule has 0 unspecified atom stereocenters. The van der Waals surface area contributed by atoms with Gasteiger partial charge in [0.05, 0.1) is 42.8 Å². The van der Waals surface area contributed by atoms with Crippen LogP contribution in [0.4, 0.5) is 0 Å². The molecule has 0 spiro atoms. The van der Waals surface area contributed by atoms with Crippen LogP contribution >= 0.6 is 22.6 Å². The number of benzene rings is 3.